The third kappa shape index (κ3) is 6.26. The van der Waals surface area contributed by atoms with E-state index in [1.807, 2.05) is 0 Å². The van der Waals surface area contributed by atoms with Crippen molar-refractivity contribution >= 4 is 41.3 Å². The first-order valence-electron chi connectivity index (χ1n) is 4.01. The normalized spacial score (nSPS) is 17.1. The number of rotatable bonds is 3. The topological polar surface area (TPSA) is 54.4 Å². The first-order valence-corrected chi connectivity index (χ1v) is 2.51. The Morgan fingerprint density at radius 1 is 1.70 bits per heavy atom. The summed E-state index contributed by atoms with van der Waals surface area (Å²) < 4.78 is 20.6. The van der Waals surface area contributed by atoms with Crippen LogP contribution in [0, 0.1) is 5.92 Å². The quantitative estimate of drug-likeness (QED) is 0.472. The van der Waals surface area contributed by atoms with E-state index in [1.165, 1.54) is 6.92 Å². The minimum atomic E-state index is -2.26. The third-order valence-electron chi connectivity index (χ3n) is 0.730. The molecule has 0 heterocycles. The Morgan fingerprint density at radius 3 is 2.50 bits per heavy atom. The molecular formula is C6H10NaO3. The molecule has 53 valence electrons. The molecule has 10 heavy (non-hydrogen) atoms. The number of carboxylic acids is 1. The summed E-state index contributed by atoms with van der Waals surface area (Å²) in [5.41, 5.74) is 0. The molecule has 0 fully saturated rings. The summed E-state index contributed by atoms with van der Waals surface area (Å²) in [7, 11) is 0. The molecule has 0 aromatic rings. The van der Waals surface area contributed by atoms with Crippen molar-refractivity contribution in [2.45, 2.75) is 20.2 Å². The van der Waals surface area contributed by atoms with Crippen LogP contribution in [-0.4, -0.2) is 46.4 Å². The van der Waals surface area contributed by atoms with Crippen LogP contribution in [0.25, 0.3) is 0 Å². The Labute approximate surface area is 86.3 Å². The van der Waals surface area contributed by atoms with E-state index in [0.29, 0.717) is 0 Å². The molecule has 0 aromatic carbocycles. The Kier molecular flexibility index (Phi) is 4.02. The molecule has 0 saturated carbocycles. The smallest absolute Gasteiger partial charge is 0.372 e. The monoisotopic (exact) mass is 156 g/mol. The number of hydrogen-bond acceptors (Lipinski definition) is 2. The van der Waals surface area contributed by atoms with Gasteiger partial charge < -0.3 is 5.11 Å². The average molecular weight is 156 g/mol. The second kappa shape index (κ2) is 5.89. The summed E-state index contributed by atoms with van der Waals surface area (Å²) in [5.74, 6) is -3.54. The van der Waals surface area contributed by atoms with Gasteiger partial charge in [-0.05, 0) is 5.92 Å². The number of aliphatic carboxylic acids is 1. The van der Waals surface area contributed by atoms with E-state index in [2.05, 4.69) is 0 Å². The van der Waals surface area contributed by atoms with Crippen LogP contribution in [0.3, 0.4) is 0 Å². The van der Waals surface area contributed by atoms with Crippen LogP contribution in [0.15, 0.2) is 0 Å². The van der Waals surface area contributed by atoms with Crippen molar-refractivity contribution in [2.24, 2.45) is 5.92 Å². The van der Waals surface area contributed by atoms with E-state index >= 15 is 0 Å². The van der Waals surface area contributed by atoms with Crippen LogP contribution in [0.1, 0.15) is 24.3 Å². The SMILES string of the molecule is [2H]C([2H])([2H])[C@@H](C)CC(=O)C(=O)O.[Na]. The second-order valence-electron chi connectivity index (χ2n) is 1.83. The third-order valence-corrected chi connectivity index (χ3v) is 0.730. The molecule has 0 spiro atoms. The summed E-state index contributed by atoms with van der Waals surface area (Å²) in [5, 5.41) is 8.16. The van der Waals surface area contributed by atoms with Crippen LogP contribution in [0.4, 0.5) is 0 Å². The fraction of sp³-hybridized carbons (Fsp3) is 0.667. The Morgan fingerprint density at radius 2 is 2.20 bits per heavy atom. The van der Waals surface area contributed by atoms with Crippen LogP contribution in [0.2, 0.25) is 0 Å². The molecule has 0 aliphatic heterocycles. The maximum atomic E-state index is 10.6. The average Bonchev–Trinajstić information content (AvgIpc) is 1.85. The Balaban J connectivity index is 0. The van der Waals surface area contributed by atoms with Gasteiger partial charge in [-0.15, -0.1) is 0 Å². The van der Waals surface area contributed by atoms with Gasteiger partial charge in [0.1, 0.15) is 0 Å². The molecule has 1 radical (unpaired) electrons. The molecule has 0 bridgehead atoms. The van der Waals surface area contributed by atoms with E-state index in [9.17, 15) is 9.59 Å². The zero-order valence-corrected chi connectivity index (χ0v) is 8.05. The van der Waals surface area contributed by atoms with Gasteiger partial charge >= 0.3 is 5.97 Å². The Bertz CT molecular complexity index is 202. The summed E-state index contributed by atoms with van der Waals surface area (Å²) >= 11 is 0. The van der Waals surface area contributed by atoms with Gasteiger partial charge in [-0.1, -0.05) is 13.8 Å². The van der Waals surface area contributed by atoms with E-state index in [0.717, 1.165) is 0 Å². The summed E-state index contributed by atoms with van der Waals surface area (Å²) in [6, 6.07) is 0. The van der Waals surface area contributed by atoms with Gasteiger partial charge in [0, 0.05) is 40.1 Å². The largest absolute Gasteiger partial charge is 0.476 e. The standard InChI is InChI=1S/C6H10O3.Na/c1-4(2)3-5(7)6(8)9;/h4H,3H2,1-2H3,(H,8,9);/i1D3;/t4-;/m0./s1. The second-order valence-corrected chi connectivity index (χ2v) is 1.83. The number of carbonyl (C=O) groups is 2. The molecule has 0 rings (SSSR count). The predicted molar refractivity (Wildman–Crippen MR) is 37.9 cm³/mol. The van der Waals surface area contributed by atoms with Crippen molar-refractivity contribution in [1.29, 1.82) is 0 Å². The van der Waals surface area contributed by atoms with Gasteiger partial charge in [-0.3, -0.25) is 4.79 Å². The molecule has 1 atom stereocenters. The number of Topliss-reactive ketones (excluding diaryl/α,β-unsaturated/α-hetero) is 1. The number of ketones is 1. The molecule has 0 unspecified atom stereocenters. The van der Waals surface area contributed by atoms with E-state index in [1.54, 1.807) is 0 Å². The molecule has 3 nitrogen and oxygen atoms in total. The van der Waals surface area contributed by atoms with Gasteiger partial charge in [-0.2, -0.15) is 0 Å². The van der Waals surface area contributed by atoms with Crippen molar-refractivity contribution in [1.82, 2.24) is 0 Å². The van der Waals surface area contributed by atoms with Crippen LogP contribution in [0.5, 0.6) is 0 Å². The molecule has 0 amide bonds. The molecule has 0 saturated heterocycles. The maximum Gasteiger partial charge on any atom is 0.372 e. The first kappa shape index (κ1) is 6.83. The molecule has 1 N–H and O–H groups in total. The van der Waals surface area contributed by atoms with Crippen molar-refractivity contribution in [2.75, 3.05) is 0 Å². The zero-order chi connectivity index (χ0) is 9.94. The summed E-state index contributed by atoms with van der Waals surface area (Å²) in [4.78, 5) is 20.6. The van der Waals surface area contributed by atoms with Gasteiger partial charge in [0.25, 0.3) is 0 Å². The summed E-state index contributed by atoms with van der Waals surface area (Å²) in [6.45, 7) is -0.932. The molecule has 4 heteroatoms. The Hall–Kier alpha value is 0.140. The predicted octanol–water partition coefficient (Wildman–Crippen LogP) is 0.305. The van der Waals surface area contributed by atoms with Crippen LogP contribution >= 0.6 is 0 Å². The van der Waals surface area contributed by atoms with Gasteiger partial charge in [0.2, 0.25) is 5.78 Å². The van der Waals surface area contributed by atoms with Gasteiger partial charge in [0.05, 0.1) is 0 Å². The van der Waals surface area contributed by atoms with Gasteiger partial charge in [-0.25, -0.2) is 4.79 Å². The van der Waals surface area contributed by atoms with Crippen molar-refractivity contribution in [3.63, 3.8) is 0 Å². The number of carbonyl (C=O) groups excluding carboxylic acids is 1. The molecule has 0 aromatic heterocycles. The first-order chi connectivity index (χ1) is 5.25. The minimum absolute atomic E-state index is 0. The zero-order valence-electron chi connectivity index (χ0n) is 9.05. The minimum Gasteiger partial charge on any atom is -0.476 e. The fourth-order valence-corrected chi connectivity index (χ4v) is 0.365. The molecular weight excluding hydrogens is 143 g/mol. The molecule has 0 aliphatic rings. The number of carboxylic acid groups (broad SMARTS) is 1. The fourth-order valence-electron chi connectivity index (χ4n) is 0.365. The summed E-state index contributed by atoms with van der Waals surface area (Å²) in [6.07, 6.45) is -0.439. The van der Waals surface area contributed by atoms with Crippen LogP contribution in [-0.2, 0) is 9.59 Å². The van der Waals surface area contributed by atoms with Gasteiger partial charge in [0.15, 0.2) is 0 Å². The molecule has 0 aliphatic carbocycles. The van der Waals surface area contributed by atoms with E-state index in [4.69, 9.17) is 9.22 Å². The maximum absolute atomic E-state index is 10.6. The van der Waals surface area contributed by atoms with E-state index < -0.39 is 30.9 Å². The number of hydrogen-bond donors (Lipinski definition) is 1. The van der Waals surface area contributed by atoms with Crippen molar-refractivity contribution in [3.05, 3.63) is 0 Å². The van der Waals surface area contributed by atoms with E-state index in [-0.39, 0.29) is 29.6 Å². The van der Waals surface area contributed by atoms with Crippen molar-refractivity contribution in [3.8, 4) is 0 Å². The van der Waals surface area contributed by atoms with Crippen molar-refractivity contribution < 1.29 is 18.8 Å². The van der Waals surface area contributed by atoms with Crippen LogP contribution < -0.4 is 0 Å².